The quantitative estimate of drug-likeness (QED) is 0.345. The lowest BCUT2D eigenvalue weighted by atomic mass is 9.93. The number of hydrogen-bond donors (Lipinski definition) is 4. The van der Waals surface area contributed by atoms with Gasteiger partial charge in [-0.25, -0.2) is 4.79 Å². The minimum absolute atomic E-state index is 0.0298. The molecule has 0 aromatic heterocycles. The van der Waals surface area contributed by atoms with E-state index < -0.39 is 11.4 Å². The van der Waals surface area contributed by atoms with E-state index in [0.29, 0.717) is 11.4 Å². The first-order chi connectivity index (χ1) is 13.6. The number of aliphatic imine (C=N–C) groups is 1. The van der Waals surface area contributed by atoms with Crippen LogP contribution in [0.3, 0.4) is 0 Å². The van der Waals surface area contributed by atoms with Gasteiger partial charge in [0.15, 0.2) is 0 Å². The lowest BCUT2D eigenvalue weighted by molar-refractivity contribution is -0.115. The highest BCUT2D eigenvalue weighted by atomic mass is 16.3. The normalized spacial score (nSPS) is 12.4. The molecule has 0 unspecified atom stereocenters. The molecule has 0 atom stereocenters. The lowest BCUT2D eigenvalue weighted by Gasteiger charge is -2.16. The second-order valence-corrected chi connectivity index (χ2v) is 7.53. The molecular weight excluding hydrogens is 368 g/mol. The van der Waals surface area contributed by atoms with Crippen LogP contribution in [0, 0.1) is 5.41 Å². The number of nitrogens with two attached hydrogens (primary N) is 1. The Bertz CT molecular complexity index is 911. The van der Waals surface area contributed by atoms with E-state index in [4.69, 9.17) is 5.73 Å². The molecule has 0 radical (unpaired) electrons. The van der Waals surface area contributed by atoms with Gasteiger partial charge in [0.25, 0.3) is 0 Å². The predicted molar refractivity (Wildman–Crippen MR) is 116 cm³/mol. The van der Waals surface area contributed by atoms with E-state index in [2.05, 4.69) is 15.6 Å². The highest BCUT2D eigenvalue weighted by molar-refractivity contribution is 6.03. The average Bonchev–Trinajstić information content (AvgIpc) is 2.63. The van der Waals surface area contributed by atoms with Gasteiger partial charge in [0, 0.05) is 22.9 Å². The summed E-state index contributed by atoms with van der Waals surface area (Å²) in [4.78, 5) is 27.7. The molecule has 29 heavy (non-hydrogen) atoms. The minimum atomic E-state index is -0.665. The molecule has 5 N–H and O–H groups in total. The zero-order chi connectivity index (χ0) is 21.4. The van der Waals surface area contributed by atoms with E-state index in [0.717, 1.165) is 5.56 Å². The van der Waals surface area contributed by atoms with Gasteiger partial charge in [-0.1, -0.05) is 51.1 Å². The van der Waals surface area contributed by atoms with Gasteiger partial charge < -0.3 is 21.5 Å². The molecule has 2 aromatic carbocycles. The van der Waals surface area contributed by atoms with Crippen LogP contribution in [0.2, 0.25) is 0 Å². The molecule has 0 saturated carbocycles. The summed E-state index contributed by atoms with van der Waals surface area (Å²) in [6, 6.07) is 15.4. The number of aliphatic hydroxyl groups is 1. The topological polar surface area (TPSA) is 117 Å². The number of benzene rings is 2. The van der Waals surface area contributed by atoms with Crippen molar-refractivity contribution in [2.45, 2.75) is 27.2 Å². The summed E-state index contributed by atoms with van der Waals surface area (Å²) in [5.74, 6) is -0.197. The van der Waals surface area contributed by atoms with E-state index in [1.54, 1.807) is 24.3 Å². The molecule has 0 heterocycles. The van der Waals surface area contributed by atoms with Crippen LogP contribution in [-0.2, 0) is 11.2 Å². The minimum Gasteiger partial charge on any atom is -0.512 e. The third-order valence-corrected chi connectivity index (χ3v) is 3.91. The summed E-state index contributed by atoms with van der Waals surface area (Å²) in [7, 11) is 0. The zero-order valence-corrected chi connectivity index (χ0v) is 16.8. The second kappa shape index (κ2) is 9.54. The Morgan fingerprint density at radius 2 is 1.55 bits per heavy atom. The van der Waals surface area contributed by atoms with E-state index in [1.807, 2.05) is 51.1 Å². The molecule has 152 valence electrons. The highest BCUT2D eigenvalue weighted by Gasteiger charge is 2.16. The standard InChI is InChI=1S/C22H26N4O3/c1-22(2,3)18(27)14-19(23)26-21(29)25-17-11-9-16(10-12-17)24-20(28)13-15-7-5-4-6-8-15/h4-12,14,27H,13H2,1-3H3,(H,24,28)(H3,23,25,26,29)/b18-14-. The summed E-state index contributed by atoms with van der Waals surface area (Å²) in [6.45, 7) is 5.44. The molecular formula is C22H26N4O3. The Labute approximate surface area is 170 Å². The number of rotatable bonds is 5. The molecule has 0 aliphatic carbocycles. The van der Waals surface area contributed by atoms with Gasteiger partial charge >= 0.3 is 6.03 Å². The van der Waals surface area contributed by atoms with Crippen molar-refractivity contribution in [3.05, 3.63) is 72.0 Å². The molecule has 7 nitrogen and oxygen atoms in total. The van der Waals surface area contributed by atoms with E-state index >= 15 is 0 Å². The van der Waals surface area contributed by atoms with E-state index in [1.165, 1.54) is 6.08 Å². The van der Waals surface area contributed by atoms with E-state index in [-0.39, 0.29) is 23.9 Å². The van der Waals surface area contributed by atoms with Crippen LogP contribution >= 0.6 is 0 Å². The van der Waals surface area contributed by atoms with Crippen molar-refractivity contribution < 1.29 is 14.7 Å². The Hall–Kier alpha value is -3.61. The average molecular weight is 394 g/mol. The number of allylic oxidation sites excluding steroid dienone is 1. The molecule has 0 spiro atoms. The van der Waals surface area contributed by atoms with Crippen LogP contribution in [0.4, 0.5) is 16.2 Å². The molecule has 7 heteroatoms. The maximum atomic E-state index is 12.1. The zero-order valence-electron chi connectivity index (χ0n) is 16.8. The number of carbonyl (C=O) groups is 2. The fraction of sp³-hybridized carbons (Fsp3) is 0.227. The SMILES string of the molecule is CC(C)(C)/C(O)=C/C(N)=NC(=O)Nc1ccc(NC(=O)Cc2ccccc2)cc1. The van der Waals surface area contributed by atoms with Crippen molar-refractivity contribution in [1.82, 2.24) is 0 Å². The van der Waals surface area contributed by atoms with Gasteiger partial charge in [0.1, 0.15) is 11.6 Å². The van der Waals surface area contributed by atoms with Crippen LogP contribution < -0.4 is 16.4 Å². The number of carbonyl (C=O) groups excluding carboxylic acids is 2. The Kier molecular flexibility index (Phi) is 7.14. The van der Waals surface area contributed by atoms with Crippen molar-refractivity contribution in [2.24, 2.45) is 16.1 Å². The molecule has 0 saturated heterocycles. The van der Waals surface area contributed by atoms with Gasteiger partial charge in [-0.15, -0.1) is 0 Å². The van der Waals surface area contributed by atoms with Crippen LogP contribution in [0.5, 0.6) is 0 Å². The predicted octanol–water partition coefficient (Wildman–Crippen LogP) is 4.24. The number of amides is 3. The largest absolute Gasteiger partial charge is 0.512 e. The molecule has 2 rings (SSSR count). The molecule has 0 aliphatic rings. The van der Waals surface area contributed by atoms with Crippen LogP contribution in [0.25, 0.3) is 0 Å². The van der Waals surface area contributed by atoms with Crippen LogP contribution in [-0.4, -0.2) is 22.9 Å². The third-order valence-electron chi connectivity index (χ3n) is 3.91. The lowest BCUT2D eigenvalue weighted by Crippen LogP contribution is -2.18. The van der Waals surface area contributed by atoms with E-state index in [9.17, 15) is 14.7 Å². The molecule has 0 bridgehead atoms. The van der Waals surface area contributed by atoms with Crippen molar-refractivity contribution >= 4 is 29.1 Å². The van der Waals surface area contributed by atoms with Crippen molar-refractivity contribution in [3.63, 3.8) is 0 Å². The van der Waals surface area contributed by atoms with Gasteiger partial charge in [-0.3, -0.25) is 4.79 Å². The number of urea groups is 1. The molecule has 3 amide bonds. The maximum Gasteiger partial charge on any atom is 0.347 e. The number of aliphatic hydroxyl groups excluding tert-OH is 1. The summed E-state index contributed by atoms with van der Waals surface area (Å²) >= 11 is 0. The number of hydrogen-bond acceptors (Lipinski definition) is 3. The van der Waals surface area contributed by atoms with Gasteiger partial charge in [-0.2, -0.15) is 4.99 Å². The van der Waals surface area contributed by atoms with Crippen LogP contribution in [0.1, 0.15) is 26.3 Å². The number of nitrogens with one attached hydrogen (secondary N) is 2. The number of anilines is 2. The smallest absolute Gasteiger partial charge is 0.347 e. The summed E-state index contributed by atoms with van der Waals surface area (Å²) in [5, 5.41) is 15.3. The summed E-state index contributed by atoms with van der Waals surface area (Å²) in [6.07, 6.45) is 1.53. The fourth-order valence-electron chi connectivity index (χ4n) is 2.28. The van der Waals surface area contributed by atoms with Gasteiger partial charge in [0.05, 0.1) is 6.42 Å². The number of nitrogens with zero attached hydrogens (tertiary/aromatic N) is 1. The van der Waals surface area contributed by atoms with Crippen molar-refractivity contribution in [1.29, 1.82) is 0 Å². The Balaban J connectivity index is 1.92. The summed E-state index contributed by atoms with van der Waals surface area (Å²) in [5.41, 5.74) is 7.22. The highest BCUT2D eigenvalue weighted by Crippen LogP contribution is 2.22. The van der Waals surface area contributed by atoms with Crippen LogP contribution in [0.15, 0.2) is 71.4 Å². The third kappa shape index (κ3) is 7.50. The first-order valence-corrected chi connectivity index (χ1v) is 9.13. The number of amidine groups is 1. The van der Waals surface area contributed by atoms with Gasteiger partial charge in [0.2, 0.25) is 5.91 Å². The second-order valence-electron chi connectivity index (χ2n) is 7.53. The fourth-order valence-corrected chi connectivity index (χ4v) is 2.28. The van der Waals surface area contributed by atoms with Crippen molar-refractivity contribution in [3.8, 4) is 0 Å². The first kappa shape index (κ1) is 21.7. The Morgan fingerprint density at radius 3 is 2.10 bits per heavy atom. The maximum absolute atomic E-state index is 12.1. The van der Waals surface area contributed by atoms with Crippen molar-refractivity contribution in [2.75, 3.05) is 10.6 Å². The molecule has 0 fully saturated rings. The molecule has 0 aliphatic heterocycles. The van der Waals surface area contributed by atoms with Gasteiger partial charge in [-0.05, 0) is 29.8 Å². The molecule has 2 aromatic rings. The Morgan fingerprint density at radius 1 is 1.00 bits per heavy atom. The first-order valence-electron chi connectivity index (χ1n) is 9.13. The summed E-state index contributed by atoms with van der Waals surface area (Å²) < 4.78 is 0. The monoisotopic (exact) mass is 394 g/mol.